The molecule has 0 spiro atoms. The smallest absolute Gasteiger partial charge is 0.255 e. The number of halogens is 1. The number of nitrogens with one attached hydrogen (secondary N) is 2. The van der Waals surface area contributed by atoms with Crippen LogP contribution in [-0.2, 0) is 0 Å². The molecular weight excluding hydrogens is 420 g/mol. The number of rotatable bonds is 6. The van der Waals surface area contributed by atoms with Crippen molar-refractivity contribution in [3.63, 3.8) is 0 Å². The van der Waals surface area contributed by atoms with E-state index in [1.165, 1.54) is 0 Å². The Balaban J connectivity index is 1.69. The lowest BCUT2D eigenvalue weighted by atomic mass is 10.1. The summed E-state index contributed by atoms with van der Waals surface area (Å²) in [5.41, 5.74) is 1.92. The number of para-hydroxylation sites is 1. The summed E-state index contributed by atoms with van der Waals surface area (Å²) in [5, 5.41) is 15.7. The van der Waals surface area contributed by atoms with E-state index in [9.17, 15) is 14.7 Å². The van der Waals surface area contributed by atoms with Gasteiger partial charge in [-0.15, -0.1) is 0 Å². The molecule has 3 N–H and O–H groups in total. The van der Waals surface area contributed by atoms with Gasteiger partial charge < -0.3 is 15.7 Å². The molecule has 0 aliphatic heterocycles. The van der Waals surface area contributed by atoms with E-state index in [-0.39, 0.29) is 18.4 Å². The molecule has 0 heterocycles. The average Bonchev–Trinajstić information content (AvgIpc) is 2.72. The van der Waals surface area contributed by atoms with Crippen LogP contribution in [0.1, 0.15) is 32.4 Å². The van der Waals surface area contributed by atoms with Gasteiger partial charge in [-0.25, -0.2) is 0 Å². The Labute approximate surface area is 171 Å². The maximum Gasteiger partial charge on any atom is 0.255 e. The Morgan fingerprint density at radius 2 is 1.61 bits per heavy atom. The van der Waals surface area contributed by atoms with Gasteiger partial charge in [-0.3, -0.25) is 9.59 Å². The number of hydrogen-bond acceptors (Lipinski definition) is 3. The van der Waals surface area contributed by atoms with E-state index in [1.807, 2.05) is 24.3 Å². The number of amides is 2. The highest BCUT2D eigenvalue weighted by Crippen LogP contribution is 2.18. The van der Waals surface area contributed by atoms with Crippen LogP contribution in [0.2, 0.25) is 0 Å². The summed E-state index contributed by atoms with van der Waals surface area (Å²) >= 11 is 3.34. The molecule has 0 aliphatic carbocycles. The Bertz CT molecular complexity index is 976. The molecule has 0 fully saturated rings. The van der Waals surface area contributed by atoms with Gasteiger partial charge in [0.1, 0.15) is 0 Å². The molecule has 0 saturated carbocycles. The van der Waals surface area contributed by atoms with Crippen LogP contribution in [0, 0.1) is 0 Å². The lowest BCUT2D eigenvalue weighted by Gasteiger charge is -2.14. The van der Waals surface area contributed by atoms with E-state index in [0.29, 0.717) is 16.8 Å². The highest BCUT2D eigenvalue weighted by molar-refractivity contribution is 9.10. The fraction of sp³-hybridized carbons (Fsp3) is 0.0909. The number of anilines is 1. The standard InChI is InChI=1S/C22H19BrN2O3/c23-17-10-6-9-16(13-17)21(27)25-19-12-5-4-11-18(19)22(28)24-14-20(26)15-7-2-1-3-8-15/h1-13,20,26H,14H2,(H,24,28)(H,25,27). The normalized spacial score (nSPS) is 11.5. The van der Waals surface area contributed by atoms with Gasteiger partial charge in [0, 0.05) is 16.6 Å². The predicted octanol–water partition coefficient (Wildman–Crippen LogP) is 4.16. The van der Waals surface area contributed by atoms with Crippen molar-refractivity contribution in [2.45, 2.75) is 6.10 Å². The summed E-state index contributed by atoms with van der Waals surface area (Å²) in [6.07, 6.45) is -0.812. The Hall–Kier alpha value is -2.96. The molecule has 0 aliphatic rings. The summed E-state index contributed by atoms with van der Waals surface area (Å²) in [7, 11) is 0. The van der Waals surface area contributed by atoms with Crippen molar-refractivity contribution in [2.75, 3.05) is 11.9 Å². The Morgan fingerprint density at radius 3 is 2.36 bits per heavy atom. The molecule has 2 amide bonds. The first-order valence-corrected chi connectivity index (χ1v) is 9.51. The first kappa shape index (κ1) is 19.8. The number of hydrogen-bond donors (Lipinski definition) is 3. The van der Waals surface area contributed by atoms with Crippen LogP contribution in [0.5, 0.6) is 0 Å². The Kier molecular flexibility index (Phi) is 6.57. The molecule has 0 saturated heterocycles. The van der Waals surface area contributed by atoms with Crippen LogP contribution in [0.15, 0.2) is 83.3 Å². The lowest BCUT2D eigenvalue weighted by molar-refractivity contribution is 0.0917. The summed E-state index contributed by atoms with van der Waals surface area (Å²) in [6, 6.07) is 22.8. The molecule has 0 radical (unpaired) electrons. The second kappa shape index (κ2) is 9.30. The third kappa shape index (κ3) is 5.06. The topological polar surface area (TPSA) is 78.4 Å². The third-order valence-electron chi connectivity index (χ3n) is 4.15. The third-order valence-corrected chi connectivity index (χ3v) is 4.64. The van der Waals surface area contributed by atoms with Gasteiger partial charge in [0.05, 0.1) is 17.4 Å². The van der Waals surface area contributed by atoms with E-state index in [2.05, 4.69) is 26.6 Å². The van der Waals surface area contributed by atoms with E-state index in [0.717, 1.165) is 10.0 Å². The minimum absolute atomic E-state index is 0.0662. The second-order valence-electron chi connectivity index (χ2n) is 6.15. The molecular formula is C22H19BrN2O3. The fourth-order valence-electron chi connectivity index (χ4n) is 2.69. The molecule has 0 aromatic heterocycles. The molecule has 6 heteroatoms. The molecule has 3 aromatic carbocycles. The van der Waals surface area contributed by atoms with Crippen LogP contribution in [0.25, 0.3) is 0 Å². The van der Waals surface area contributed by atoms with E-state index in [1.54, 1.807) is 54.6 Å². The van der Waals surface area contributed by atoms with E-state index >= 15 is 0 Å². The highest BCUT2D eigenvalue weighted by atomic mass is 79.9. The molecule has 3 aromatic rings. The summed E-state index contributed by atoms with van der Waals surface area (Å²) in [5.74, 6) is -0.689. The quantitative estimate of drug-likeness (QED) is 0.540. The first-order chi connectivity index (χ1) is 13.5. The van der Waals surface area contributed by atoms with Gasteiger partial charge >= 0.3 is 0 Å². The molecule has 1 atom stereocenters. The zero-order chi connectivity index (χ0) is 19.9. The van der Waals surface area contributed by atoms with Crippen molar-refractivity contribution in [3.05, 3.63) is 100 Å². The summed E-state index contributed by atoms with van der Waals surface area (Å²) in [6.45, 7) is 0.0662. The maximum atomic E-state index is 12.6. The van der Waals surface area contributed by atoms with Gasteiger partial charge in [0.2, 0.25) is 0 Å². The van der Waals surface area contributed by atoms with E-state index < -0.39 is 6.10 Å². The minimum Gasteiger partial charge on any atom is -0.387 e. The Morgan fingerprint density at radius 1 is 0.893 bits per heavy atom. The van der Waals surface area contributed by atoms with Gasteiger partial charge in [-0.1, -0.05) is 64.5 Å². The zero-order valence-electron chi connectivity index (χ0n) is 14.9. The molecule has 0 bridgehead atoms. The number of benzene rings is 3. The number of carbonyl (C=O) groups is 2. The zero-order valence-corrected chi connectivity index (χ0v) is 16.5. The SMILES string of the molecule is O=C(Nc1ccccc1C(=O)NCC(O)c1ccccc1)c1cccc(Br)c1. The largest absolute Gasteiger partial charge is 0.387 e. The number of aliphatic hydroxyl groups is 1. The highest BCUT2D eigenvalue weighted by Gasteiger charge is 2.16. The van der Waals surface area contributed by atoms with Gasteiger partial charge in [0.25, 0.3) is 11.8 Å². The predicted molar refractivity (Wildman–Crippen MR) is 112 cm³/mol. The monoisotopic (exact) mass is 438 g/mol. The first-order valence-electron chi connectivity index (χ1n) is 8.72. The maximum absolute atomic E-state index is 12.6. The van der Waals surface area contributed by atoms with Crippen molar-refractivity contribution >= 4 is 33.4 Å². The molecule has 142 valence electrons. The molecule has 3 rings (SSSR count). The van der Waals surface area contributed by atoms with Crippen molar-refractivity contribution in [1.29, 1.82) is 0 Å². The summed E-state index contributed by atoms with van der Waals surface area (Å²) in [4.78, 5) is 25.1. The number of carbonyl (C=O) groups excluding carboxylic acids is 2. The molecule has 28 heavy (non-hydrogen) atoms. The number of aliphatic hydroxyl groups excluding tert-OH is 1. The minimum atomic E-state index is -0.812. The van der Waals surface area contributed by atoms with Crippen molar-refractivity contribution in [3.8, 4) is 0 Å². The van der Waals surface area contributed by atoms with Gasteiger partial charge in [-0.2, -0.15) is 0 Å². The van der Waals surface area contributed by atoms with Gasteiger partial charge in [-0.05, 0) is 35.9 Å². The molecule has 5 nitrogen and oxygen atoms in total. The fourth-order valence-corrected chi connectivity index (χ4v) is 3.09. The summed E-state index contributed by atoms with van der Waals surface area (Å²) < 4.78 is 0.793. The van der Waals surface area contributed by atoms with Crippen molar-refractivity contribution < 1.29 is 14.7 Å². The van der Waals surface area contributed by atoms with Crippen molar-refractivity contribution in [2.24, 2.45) is 0 Å². The van der Waals surface area contributed by atoms with Gasteiger partial charge in [0.15, 0.2) is 0 Å². The lowest BCUT2D eigenvalue weighted by Crippen LogP contribution is -2.29. The average molecular weight is 439 g/mol. The van der Waals surface area contributed by atoms with Crippen molar-refractivity contribution in [1.82, 2.24) is 5.32 Å². The van der Waals surface area contributed by atoms with Crippen LogP contribution >= 0.6 is 15.9 Å². The molecule has 1 unspecified atom stereocenters. The van der Waals surface area contributed by atoms with Crippen LogP contribution < -0.4 is 10.6 Å². The van der Waals surface area contributed by atoms with Crippen LogP contribution in [0.3, 0.4) is 0 Å². The van der Waals surface area contributed by atoms with E-state index in [4.69, 9.17) is 0 Å². The van der Waals surface area contributed by atoms with Crippen LogP contribution in [-0.4, -0.2) is 23.5 Å². The second-order valence-corrected chi connectivity index (χ2v) is 7.06. The van der Waals surface area contributed by atoms with Crippen LogP contribution in [0.4, 0.5) is 5.69 Å².